The van der Waals surface area contributed by atoms with Crippen LogP contribution in [0.15, 0.2) is 66.7 Å². The summed E-state index contributed by atoms with van der Waals surface area (Å²) in [5.74, 6) is -3.32. The lowest BCUT2D eigenvalue weighted by Gasteiger charge is -2.41. The maximum Gasteiger partial charge on any atom is 0.482 e. The molecule has 3 aliphatic rings. The molecule has 1 saturated carbocycles. The van der Waals surface area contributed by atoms with Crippen molar-refractivity contribution >= 4 is 29.3 Å². The minimum Gasteiger partial charge on any atom is -0.444 e. The van der Waals surface area contributed by atoms with Crippen molar-refractivity contribution in [3.8, 4) is 16.9 Å². The molecule has 0 aromatic heterocycles. The van der Waals surface area contributed by atoms with Crippen molar-refractivity contribution in [2.75, 3.05) is 43.2 Å². The van der Waals surface area contributed by atoms with Crippen LogP contribution in [0.5, 0.6) is 5.75 Å². The Morgan fingerprint density at radius 2 is 1.78 bits per heavy atom. The van der Waals surface area contributed by atoms with Gasteiger partial charge in [0.1, 0.15) is 11.4 Å². The van der Waals surface area contributed by atoms with Gasteiger partial charge in [-0.15, -0.1) is 0 Å². The fourth-order valence-corrected chi connectivity index (χ4v) is 6.75. The highest BCUT2D eigenvalue weighted by atomic mass is 19.3. The van der Waals surface area contributed by atoms with Crippen LogP contribution in [0.3, 0.4) is 0 Å². The lowest BCUT2D eigenvalue weighted by Crippen LogP contribution is -2.52. The van der Waals surface area contributed by atoms with E-state index in [0.717, 1.165) is 23.3 Å². The second-order valence-corrected chi connectivity index (χ2v) is 14.0. The van der Waals surface area contributed by atoms with Gasteiger partial charge in [-0.1, -0.05) is 42.5 Å². The third kappa shape index (κ3) is 7.45. The van der Waals surface area contributed by atoms with E-state index >= 15 is 0 Å². The summed E-state index contributed by atoms with van der Waals surface area (Å²) in [4.78, 5) is 45.2. The minimum atomic E-state index is -4.04. The van der Waals surface area contributed by atoms with E-state index in [1.807, 2.05) is 24.3 Å². The zero-order chi connectivity index (χ0) is 35.8. The van der Waals surface area contributed by atoms with Crippen molar-refractivity contribution in [1.29, 1.82) is 0 Å². The van der Waals surface area contributed by atoms with Gasteiger partial charge in [0.2, 0.25) is 5.91 Å². The Morgan fingerprint density at radius 3 is 2.48 bits per heavy atom. The Balaban J connectivity index is 1.37. The van der Waals surface area contributed by atoms with E-state index in [9.17, 15) is 27.6 Å². The third-order valence-corrected chi connectivity index (χ3v) is 9.20. The highest BCUT2D eigenvalue weighted by Gasteiger charge is 2.51. The van der Waals surface area contributed by atoms with Gasteiger partial charge in [0, 0.05) is 50.6 Å². The first-order valence-electron chi connectivity index (χ1n) is 16.9. The Labute approximate surface area is 289 Å². The monoisotopic (exact) mass is 693 g/mol. The summed E-state index contributed by atoms with van der Waals surface area (Å²) in [6.07, 6.45) is -2.35. The number of methoxy groups -OCH3 is 1. The Kier molecular flexibility index (Phi) is 9.85. The number of ether oxygens (including phenoxy) is 3. The van der Waals surface area contributed by atoms with Crippen molar-refractivity contribution in [3.63, 3.8) is 0 Å². The zero-order valence-corrected chi connectivity index (χ0v) is 28.7. The number of piperidine rings is 1. The summed E-state index contributed by atoms with van der Waals surface area (Å²) < 4.78 is 59.6. The largest absolute Gasteiger partial charge is 0.482 e. The van der Waals surface area contributed by atoms with Crippen molar-refractivity contribution in [1.82, 2.24) is 4.90 Å². The number of nitrogens with zero attached hydrogens (tertiary/aromatic N) is 3. The second-order valence-electron chi connectivity index (χ2n) is 14.0. The zero-order valence-electron chi connectivity index (χ0n) is 28.7. The van der Waals surface area contributed by atoms with Crippen LogP contribution in [0.25, 0.3) is 11.1 Å². The molecule has 3 aromatic carbocycles. The fraction of sp³-hybridized carbons (Fsp3) is 0.447. The van der Waals surface area contributed by atoms with Crippen molar-refractivity contribution in [2.45, 2.75) is 70.1 Å². The average Bonchev–Trinajstić information content (AvgIpc) is 3.91. The number of alkyl halides is 2. The van der Waals surface area contributed by atoms with E-state index in [1.165, 1.54) is 19.2 Å². The normalized spacial score (nSPS) is 20.2. The third-order valence-electron chi connectivity index (χ3n) is 9.20. The van der Waals surface area contributed by atoms with Gasteiger partial charge in [0.15, 0.2) is 5.75 Å². The van der Waals surface area contributed by atoms with E-state index in [2.05, 4.69) is 0 Å². The molecule has 0 bridgehead atoms. The molecule has 266 valence electrons. The summed E-state index contributed by atoms with van der Waals surface area (Å²) in [7, 11) is 1.49. The number of fused-ring (bicyclic) bond motifs is 1. The van der Waals surface area contributed by atoms with Crippen LogP contribution in [0.2, 0.25) is 0 Å². The summed E-state index contributed by atoms with van der Waals surface area (Å²) in [6.45, 7) is 5.99. The molecule has 0 radical (unpaired) electrons. The number of halogens is 3. The summed E-state index contributed by atoms with van der Waals surface area (Å²) in [6, 6.07) is 18.3. The Bertz CT molecular complexity index is 1760. The molecule has 9 nitrogen and oxygen atoms in total. The number of carbonyl (C=O) groups excluding carboxylic acids is 3. The van der Waals surface area contributed by atoms with Crippen LogP contribution in [-0.4, -0.2) is 73.9 Å². The van der Waals surface area contributed by atoms with Gasteiger partial charge in [-0.2, -0.15) is 8.78 Å². The molecule has 2 fully saturated rings. The van der Waals surface area contributed by atoms with Crippen LogP contribution >= 0.6 is 0 Å². The summed E-state index contributed by atoms with van der Waals surface area (Å²) >= 11 is 0. The SMILES string of the molecule is COCCCN1C(=O)C(F)(F)Oc2ccc(N(C(=O)C3CN(C(=O)OC(C)(C)C)CC[C@@H]3c3cccc(-c4ccccc4F)c3)C3CC3)cc21. The molecule has 3 amide bonds. The average molecular weight is 694 g/mol. The van der Waals surface area contributed by atoms with Gasteiger partial charge in [-0.3, -0.25) is 9.59 Å². The van der Waals surface area contributed by atoms with Gasteiger partial charge in [-0.25, -0.2) is 9.18 Å². The lowest BCUT2D eigenvalue weighted by molar-refractivity contribution is -0.192. The number of hydrogen-bond acceptors (Lipinski definition) is 6. The van der Waals surface area contributed by atoms with Crippen LogP contribution in [-0.2, 0) is 19.1 Å². The molecule has 0 spiro atoms. The number of hydrogen-bond donors (Lipinski definition) is 0. The van der Waals surface area contributed by atoms with E-state index in [4.69, 9.17) is 14.2 Å². The lowest BCUT2D eigenvalue weighted by atomic mass is 9.78. The van der Waals surface area contributed by atoms with Crippen LogP contribution in [0.4, 0.5) is 29.3 Å². The molecule has 1 saturated heterocycles. The molecule has 0 N–H and O–H groups in total. The molecule has 2 atom stereocenters. The van der Waals surface area contributed by atoms with E-state index in [1.54, 1.807) is 60.9 Å². The summed E-state index contributed by atoms with van der Waals surface area (Å²) in [5, 5.41) is 0. The first-order valence-corrected chi connectivity index (χ1v) is 16.9. The number of likely N-dealkylation sites (tertiary alicyclic amines) is 1. The van der Waals surface area contributed by atoms with Crippen LogP contribution in [0.1, 0.15) is 57.9 Å². The fourth-order valence-electron chi connectivity index (χ4n) is 6.75. The van der Waals surface area contributed by atoms with Gasteiger partial charge in [0.05, 0.1) is 11.6 Å². The van der Waals surface area contributed by atoms with E-state index < -0.39 is 29.6 Å². The van der Waals surface area contributed by atoms with Crippen molar-refractivity contribution < 1.29 is 41.8 Å². The molecular formula is C38H42F3N3O6. The van der Waals surface area contributed by atoms with Crippen molar-refractivity contribution in [3.05, 3.63) is 78.1 Å². The second kappa shape index (κ2) is 14.0. The standard InChI is InChI=1S/C38H42F3N3O6/c1-37(2,3)50-36(47)42-19-17-28(24-9-7-10-25(21-24)29-11-5-6-12-31(29)39)30(23-42)34(45)44(26-13-14-26)27-15-16-33-32(22-27)43(18-8-20-48-4)35(46)38(40,41)49-33/h5-7,9-12,15-16,21-22,26,28,30H,8,13-14,17-20,23H2,1-4H3/t28-,30?/m1/s1. The van der Waals surface area contributed by atoms with Gasteiger partial charge < -0.3 is 28.9 Å². The molecule has 6 rings (SSSR count). The maximum absolute atomic E-state index is 14.9. The highest BCUT2D eigenvalue weighted by Crippen LogP contribution is 2.45. The van der Waals surface area contributed by atoms with Gasteiger partial charge in [-0.05, 0) is 87.8 Å². The molecule has 2 aliphatic heterocycles. The van der Waals surface area contributed by atoms with Gasteiger partial charge in [0.25, 0.3) is 0 Å². The molecule has 50 heavy (non-hydrogen) atoms. The molecular weight excluding hydrogens is 651 g/mol. The molecule has 1 aliphatic carbocycles. The van der Waals surface area contributed by atoms with E-state index in [0.29, 0.717) is 36.2 Å². The number of rotatable bonds is 9. The Hall–Kier alpha value is -4.58. The van der Waals surface area contributed by atoms with Crippen LogP contribution in [0, 0.1) is 11.7 Å². The maximum atomic E-state index is 14.9. The number of amides is 3. The first kappa shape index (κ1) is 35.3. The number of benzene rings is 3. The van der Waals surface area contributed by atoms with Gasteiger partial charge >= 0.3 is 18.1 Å². The van der Waals surface area contributed by atoms with Crippen LogP contribution < -0.4 is 14.5 Å². The Morgan fingerprint density at radius 1 is 1.02 bits per heavy atom. The molecule has 1 unspecified atom stereocenters. The summed E-state index contributed by atoms with van der Waals surface area (Å²) in [5.41, 5.74) is 1.78. The number of carbonyl (C=O) groups is 3. The molecule has 12 heteroatoms. The predicted octanol–water partition coefficient (Wildman–Crippen LogP) is 7.38. The van der Waals surface area contributed by atoms with Crippen molar-refractivity contribution in [2.24, 2.45) is 5.92 Å². The predicted molar refractivity (Wildman–Crippen MR) is 182 cm³/mol. The molecule has 2 heterocycles. The first-order chi connectivity index (χ1) is 23.8. The minimum absolute atomic E-state index is 0.0344. The molecule has 3 aromatic rings. The number of anilines is 2. The topological polar surface area (TPSA) is 88.6 Å². The highest BCUT2D eigenvalue weighted by molar-refractivity contribution is 6.03. The quantitative estimate of drug-likeness (QED) is 0.218. The smallest absolute Gasteiger partial charge is 0.444 e. The van der Waals surface area contributed by atoms with E-state index in [-0.39, 0.29) is 54.8 Å².